The van der Waals surface area contributed by atoms with Gasteiger partial charge >= 0.3 is 5.97 Å². The van der Waals surface area contributed by atoms with Gasteiger partial charge in [-0.3, -0.25) is 4.79 Å². The van der Waals surface area contributed by atoms with Gasteiger partial charge in [-0.25, -0.2) is 26.7 Å². The number of anilines is 1. The summed E-state index contributed by atoms with van der Waals surface area (Å²) in [4.78, 5) is 25.3. The Morgan fingerprint density at radius 3 is 1.93 bits per heavy atom. The molecule has 0 atom stereocenters. The topological polar surface area (TPSA) is 55.4 Å². The maximum atomic E-state index is 13.9. The summed E-state index contributed by atoms with van der Waals surface area (Å²) in [5, 5.41) is 1.97. The highest BCUT2D eigenvalue weighted by molar-refractivity contribution is 7.17. The summed E-state index contributed by atoms with van der Waals surface area (Å²) in [5.74, 6) is -13.7. The summed E-state index contributed by atoms with van der Waals surface area (Å²) in [6.45, 7) is 6.59. The predicted molar refractivity (Wildman–Crippen MR) is 93.2 cm³/mol. The summed E-state index contributed by atoms with van der Waals surface area (Å²) >= 11 is 0.949. The van der Waals surface area contributed by atoms with E-state index in [-0.39, 0.29) is 10.6 Å². The van der Waals surface area contributed by atoms with Crippen LogP contribution in [0.1, 0.15) is 51.9 Å². The molecule has 0 aliphatic carbocycles. The molecule has 1 amide bonds. The Balaban J connectivity index is 2.52. The molecule has 1 N–H and O–H groups in total. The van der Waals surface area contributed by atoms with Crippen LogP contribution in [0.5, 0.6) is 0 Å². The van der Waals surface area contributed by atoms with E-state index in [0.29, 0.717) is 16.9 Å². The average molecular weight is 421 g/mol. The fourth-order valence-electron chi connectivity index (χ4n) is 2.47. The number of amides is 1. The van der Waals surface area contributed by atoms with E-state index in [0.717, 1.165) is 11.3 Å². The van der Waals surface area contributed by atoms with Crippen LogP contribution in [0.2, 0.25) is 0 Å². The first-order chi connectivity index (χ1) is 13.0. The third kappa shape index (κ3) is 3.87. The van der Waals surface area contributed by atoms with E-state index in [1.807, 2.05) is 0 Å². The molecular weight excluding hydrogens is 405 g/mol. The Labute approximate surface area is 161 Å². The lowest BCUT2D eigenvalue weighted by atomic mass is 10.1. The summed E-state index contributed by atoms with van der Waals surface area (Å²) in [6.07, 6.45) is 0.00670. The highest BCUT2D eigenvalue weighted by atomic mass is 32.1. The van der Waals surface area contributed by atoms with E-state index in [4.69, 9.17) is 4.74 Å². The van der Waals surface area contributed by atoms with Gasteiger partial charge in [0, 0.05) is 4.88 Å². The molecule has 0 saturated heterocycles. The number of rotatable bonds is 5. The normalized spacial score (nSPS) is 11.1. The van der Waals surface area contributed by atoms with Gasteiger partial charge in [-0.15, -0.1) is 11.3 Å². The third-order valence-corrected chi connectivity index (χ3v) is 5.13. The van der Waals surface area contributed by atoms with Gasteiger partial charge in [0.1, 0.15) is 10.6 Å². The van der Waals surface area contributed by atoms with E-state index in [1.165, 1.54) is 0 Å². The van der Waals surface area contributed by atoms with Crippen molar-refractivity contribution in [2.75, 3.05) is 5.32 Å². The number of carbonyl (C=O) groups is 2. The second-order valence-electron chi connectivity index (χ2n) is 6.06. The highest BCUT2D eigenvalue weighted by Crippen LogP contribution is 2.35. The van der Waals surface area contributed by atoms with Crippen molar-refractivity contribution in [1.82, 2.24) is 0 Å². The van der Waals surface area contributed by atoms with E-state index in [9.17, 15) is 31.5 Å². The lowest BCUT2D eigenvalue weighted by molar-refractivity contribution is 0.0379. The van der Waals surface area contributed by atoms with Crippen molar-refractivity contribution in [2.45, 2.75) is 40.2 Å². The summed E-state index contributed by atoms with van der Waals surface area (Å²) in [6, 6.07) is 0. The van der Waals surface area contributed by atoms with Gasteiger partial charge in [0.2, 0.25) is 5.82 Å². The Bertz CT molecular complexity index is 926. The number of thiophene rings is 1. The van der Waals surface area contributed by atoms with Gasteiger partial charge in [0.25, 0.3) is 5.91 Å². The number of hydrogen-bond donors (Lipinski definition) is 1. The van der Waals surface area contributed by atoms with Crippen molar-refractivity contribution in [3.63, 3.8) is 0 Å². The van der Waals surface area contributed by atoms with E-state index >= 15 is 0 Å². The number of esters is 1. The summed E-state index contributed by atoms with van der Waals surface area (Å²) in [7, 11) is 0. The van der Waals surface area contributed by atoms with E-state index in [2.05, 4.69) is 5.32 Å². The molecule has 0 aliphatic heterocycles. The first kappa shape index (κ1) is 21.8. The molecule has 10 heteroatoms. The number of carbonyl (C=O) groups excluding carboxylic acids is 2. The minimum absolute atomic E-state index is 0.0345. The van der Waals surface area contributed by atoms with E-state index < -0.39 is 52.6 Å². The fourth-order valence-corrected chi connectivity index (χ4v) is 3.60. The average Bonchev–Trinajstić information content (AvgIpc) is 2.93. The Morgan fingerprint density at radius 1 is 0.964 bits per heavy atom. The summed E-state index contributed by atoms with van der Waals surface area (Å²) in [5.41, 5.74) is -1.18. The van der Waals surface area contributed by atoms with Crippen LogP contribution in [0.15, 0.2) is 0 Å². The lowest BCUT2D eigenvalue weighted by Crippen LogP contribution is -2.21. The van der Waals surface area contributed by atoms with Gasteiger partial charge in [-0.1, -0.05) is 6.92 Å². The Hall–Kier alpha value is -2.49. The quantitative estimate of drug-likeness (QED) is 0.315. The third-order valence-electron chi connectivity index (χ3n) is 3.78. The van der Waals surface area contributed by atoms with Crippen LogP contribution in [-0.2, 0) is 11.2 Å². The second-order valence-corrected chi connectivity index (χ2v) is 7.17. The fraction of sp³-hybridized carbons (Fsp3) is 0.333. The van der Waals surface area contributed by atoms with E-state index in [1.54, 1.807) is 27.7 Å². The van der Waals surface area contributed by atoms with Crippen molar-refractivity contribution >= 4 is 28.2 Å². The van der Waals surface area contributed by atoms with Crippen LogP contribution in [0.3, 0.4) is 0 Å². The number of nitrogens with one attached hydrogen (secondary N) is 1. The van der Waals surface area contributed by atoms with Crippen LogP contribution in [-0.4, -0.2) is 18.0 Å². The molecule has 2 aromatic rings. The minimum atomic E-state index is -2.37. The smallest absolute Gasteiger partial charge is 0.341 e. The van der Waals surface area contributed by atoms with Crippen molar-refractivity contribution in [3.05, 3.63) is 50.7 Å². The maximum absolute atomic E-state index is 13.9. The van der Waals surface area contributed by atoms with Crippen molar-refractivity contribution in [1.29, 1.82) is 0 Å². The molecule has 0 radical (unpaired) electrons. The zero-order valence-corrected chi connectivity index (χ0v) is 16.1. The monoisotopic (exact) mass is 421 g/mol. The molecular formula is C18H16F5NO3S. The van der Waals surface area contributed by atoms with Crippen molar-refractivity contribution in [3.8, 4) is 0 Å². The zero-order chi connectivity index (χ0) is 21.3. The molecule has 28 heavy (non-hydrogen) atoms. The molecule has 1 aromatic carbocycles. The largest absolute Gasteiger partial charge is 0.459 e. The first-order valence-electron chi connectivity index (χ1n) is 8.17. The number of hydrogen-bond acceptors (Lipinski definition) is 4. The van der Waals surface area contributed by atoms with Gasteiger partial charge in [0.15, 0.2) is 23.3 Å². The van der Waals surface area contributed by atoms with Gasteiger partial charge in [0.05, 0.1) is 11.7 Å². The standard InChI is InChI=1S/C18H16F5NO3S/c1-5-8-7(4)9(18(26)27-6(2)3)17(28-8)24-16(25)10-11(19)13(21)15(23)14(22)12(10)20/h6H,5H2,1-4H3,(H,24,25). The van der Waals surface area contributed by atoms with Gasteiger partial charge in [-0.05, 0) is 32.8 Å². The predicted octanol–water partition coefficient (Wildman–Crippen LogP) is 5.13. The number of halogens is 5. The first-order valence-corrected chi connectivity index (χ1v) is 8.98. The van der Waals surface area contributed by atoms with Crippen molar-refractivity contribution in [2.24, 2.45) is 0 Å². The van der Waals surface area contributed by atoms with Crippen LogP contribution in [0.4, 0.5) is 27.0 Å². The molecule has 0 spiro atoms. The van der Waals surface area contributed by atoms with Crippen LogP contribution in [0.25, 0.3) is 0 Å². The van der Waals surface area contributed by atoms with Crippen LogP contribution >= 0.6 is 11.3 Å². The molecule has 0 aliphatic rings. The second kappa shape index (κ2) is 8.26. The zero-order valence-electron chi connectivity index (χ0n) is 15.3. The van der Waals surface area contributed by atoms with Crippen molar-refractivity contribution < 1.29 is 36.3 Å². The molecule has 1 aromatic heterocycles. The Kier molecular flexibility index (Phi) is 6.43. The SMILES string of the molecule is CCc1sc(NC(=O)c2c(F)c(F)c(F)c(F)c2F)c(C(=O)OC(C)C)c1C. The minimum Gasteiger partial charge on any atom is -0.459 e. The van der Waals surface area contributed by atoms with Gasteiger partial charge in [-0.2, -0.15) is 0 Å². The molecule has 0 unspecified atom stereocenters. The highest BCUT2D eigenvalue weighted by Gasteiger charge is 2.31. The summed E-state index contributed by atoms with van der Waals surface area (Å²) < 4.78 is 72.7. The van der Waals surface area contributed by atoms with Crippen LogP contribution < -0.4 is 5.32 Å². The molecule has 0 fully saturated rings. The number of benzene rings is 1. The molecule has 152 valence electrons. The van der Waals surface area contributed by atoms with Crippen LogP contribution in [0, 0.1) is 36.0 Å². The molecule has 0 saturated carbocycles. The van der Waals surface area contributed by atoms with Gasteiger partial charge < -0.3 is 10.1 Å². The lowest BCUT2D eigenvalue weighted by Gasteiger charge is -2.11. The Morgan fingerprint density at radius 2 is 1.46 bits per heavy atom. The molecule has 4 nitrogen and oxygen atoms in total. The number of aryl methyl sites for hydroxylation is 1. The maximum Gasteiger partial charge on any atom is 0.341 e. The molecule has 1 heterocycles. The molecule has 2 rings (SSSR count). The number of ether oxygens (including phenoxy) is 1. The molecule has 0 bridgehead atoms.